The number of hydrogen-bond donors (Lipinski definition) is 2. The molecule has 0 bridgehead atoms. The zero-order valence-corrected chi connectivity index (χ0v) is 17.1. The molecule has 1 aliphatic heterocycles. The van der Waals surface area contributed by atoms with Crippen LogP contribution in [0.15, 0.2) is 29.3 Å². The van der Waals surface area contributed by atoms with Crippen LogP contribution in [-0.2, 0) is 9.84 Å². The van der Waals surface area contributed by atoms with Crippen molar-refractivity contribution in [3.05, 3.63) is 24.3 Å². The number of benzene rings is 1. The number of guanidine groups is 1. The van der Waals surface area contributed by atoms with Crippen molar-refractivity contribution in [2.75, 3.05) is 58.4 Å². The lowest BCUT2D eigenvalue weighted by atomic mass is 10.3. The highest BCUT2D eigenvalue weighted by molar-refractivity contribution is 7.91. The van der Waals surface area contributed by atoms with Gasteiger partial charge >= 0.3 is 0 Å². The number of rotatable bonds is 8. The molecule has 1 aromatic carbocycles. The third kappa shape index (κ3) is 7.26. The maximum atomic E-state index is 11.5. The van der Waals surface area contributed by atoms with Gasteiger partial charge in [0.1, 0.15) is 6.10 Å². The molecule has 1 aromatic rings. The molecule has 2 rings (SSSR count). The van der Waals surface area contributed by atoms with E-state index in [0.29, 0.717) is 43.6 Å². The van der Waals surface area contributed by atoms with Crippen LogP contribution in [0.2, 0.25) is 0 Å². The van der Waals surface area contributed by atoms with E-state index in [2.05, 4.69) is 20.5 Å². The van der Waals surface area contributed by atoms with Crippen molar-refractivity contribution >= 4 is 15.8 Å². The summed E-state index contributed by atoms with van der Waals surface area (Å²) in [5, 5.41) is 6.48. The number of hydrogen-bond acceptors (Lipinski definition) is 6. The monoisotopic (exact) mass is 398 g/mol. The minimum absolute atomic E-state index is 0.0767. The third-order valence-corrected chi connectivity index (χ3v) is 5.94. The van der Waals surface area contributed by atoms with E-state index in [1.807, 2.05) is 31.2 Å². The smallest absolute Gasteiger partial charge is 0.191 e. The Hall–Kier alpha value is -2.00. The molecule has 0 radical (unpaired) electrons. The van der Waals surface area contributed by atoms with Gasteiger partial charge in [-0.1, -0.05) is 12.1 Å². The molecular formula is C18H30N4O4S. The molecule has 0 amide bonds. The molecule has 1 heterocycles. The topological polar surface area (TPSA) is 92.3 Å². The SMILES string of the molecule is CN=C(NCCN1CCS(=O)(=O)CC1)NCC(C)Oc1ccccc1OC. The summed E-state index contributed by atoms with van der Waals surface area (Å²) < 4.78 is 34.1. The quantitative estimate of drug-likeness (QED) is 0.482. The summed E-state index contributed by atoms with van der Waals surface area (Å²) >= 11 is 0. The van der Waals surface area contributed by atoms with Gasteiger partial charge in [0.25, 0.3) is 0 Å². The molecule has 1 saturated heterocycles. The fourth-order valence-corrected chi connectivity index (χ4v) is 4.02. The van der Waals surface area contributed by atoms with E-state index >= 15 is 0 Å². The zero-order chi connectivity index (χ0) is 19.7. The Kier molecular flexibility index (Phi) is 8.18. The number of nitrogens with one attached hydrogen (secondary N) is 2. The van der Waals surface area contributed by atoms with Crippen LogP contribution in [0.25, 0.3) is 0 Å². The van der Waals surface area contributed by atoms with Gasteiger partial charge in [0.15, 0.2) is 27.3 Å². The van der Waals surface area contributed by atoms with E-state index in [1.165, 1.54) is 0 Å². The number of aliphatic imine (C=N–C) groups is 1. The maximum Gasteiger partial charge on any atom is 0.191 e. The number of ether oxygens (including phenoxy) is 2. The van der Waals surface area contributed by atoms with Crippen LogP contribution < -0.4 is 20.1 Å². The molecule has 152 valence electrons. The van der Waals surface area contributed by atoms with Crippen molar-refractivity contribution in [2.45, 2.75) is 13.0 Å². The molecule has 9 heteroatoms. The van der Waals surface area contributed by atoms with E-state index in [0.717, 1.165) is 6.54 Å². The van der Waals surface area contributed by atoms with Crippen molar-refractivity contribution in [1.29, 1.82) is 0 Å². The van der Waals surface area contributed by atoms with Crippen molar-refractivity contribution < 1.29 is 17.9 Å². The molecule has 1 unspecified atom stereocenters. The predicted molar refractivity (Wildman–Crippen MR) is 108 cm³/mol. The lowest BCUT2D eigenvalue weighted by Gasteiger charge is -2.26. The number of nitrogens with zero attached hydrogens (tertiary/aromatic N) is 2. The van der Waals surface area contributed by atoms with Crippen LogP contribution in [0.3, 0.4) is 0 Å². The van der Waals surface area contributed by atoms with Crippen LogP contribution in [0.1, 0.15) is 6.92 Å². The first kappa shape index (κ1) is 21.3. The number of methoxy groups -OCH3 is 1. The number of sulfone groups is 1. The van der Waals surface area contributed by atoms with Crippen molar-refractivity contribution in [3.63, 3.8) is 0 Å². The average molecular weight is 399 g/mol. The van der Waals surface area contributed by atoms with Gasteiger partial charge in [-0.05, 0) is 19.1 Å². The number of para-hydroxylation sites is 2. The minimum atomic E-state index is -2.83. The molecule has 27 heavy (non-hydrogen) atoms. The highest BCUT2D eigenvalue weighted by Crippen LogP contribution is 2.26. The Balaban J connectivity index is 1.69. The summed E-state index contributed by atoms with van der Waals surface area (Å²) in [5.74, 6) is 2.60. The van der Waals surface area contributed by atoms with Gasteiger partial charge in [-0.25, -0.2) is 8.42 Å². The van der Waals surface area contributed by atoms with Crippen LogP contribution in [-0.4, -0.2) is 83.8 Å². The summed E-state index contributed by atoms with van der Waals surface area (Å²) in [5.41, 5.74) is 0. The Morgan fingerprint density at radius 2 is 1.89 bits per heavy atom. The Morgan fingerprint density at radius 1 is 1.22 bits per heavy atom. The van der Waals surface area contributed by atoms with Crippen LogP contribution in [0, 0.1) is 0 Å². The van der Waals surface area contributed by atoms with Crippen molar-refractivity contribution in [1.82, 2.24) is 15.5 Å². The van der Waals surface area contributed by atoms with E-state index in [1.54, 1.807) is 14.2 Å². The third-order valence-electron chi connectivity index (χ3n) is 4.34. The van der Waals surface area contributed by atoms with Gasteiger partial charge in [0.05, 0.1) is 25.2 Å². The van der Waals surface area contributed by atoms with E-state index < -0.39 is 9.84 Å². The van der Waals surface area contributed by atoms with E-state index in [4.69, 9.17) is 9.47 Å². The standard InChI is InChI=1S/C18H30N4O4S/c1-15(26-17-7-5-4-6-16(17)25-3)14-21-18(19-2)20-8-9-22-10-12-27(23,24)13-11-22/h4-7,15H,8-14H2,1-3H3,(H2,19,20,21). The average Bonchev–Trinajstić information content (AvgIpc) is 2.66. The molecule has 0 spiro atoms. The molecule has 0 aromatic heterocycles. The summed E-state index contributed by atoms with van der Waals surface area (Å²) in [6, 6.07) is 7.55. The lowest BCUT2D eigenvalue weighted by Crippen LogP contribution is -2.47. The molecule has 1 atom stereocenters. The van der Waals surface area contributed by atoms with E-state index in [-0.39, 0.29) is 17.6 Å². The molecule has 8 nitrogen and oxygen atoms in total. The second-order valence-corrected chi connectivity index (χ2v) is 8.76. The fraction of sp³-hybridized carbons (Fsp3) is 0.611. The van der Waals surface area contributed by atoms with Gasteiger partial charge in [-0.2, -0.15) is 0 Å². The second kappa shape index (κ2) is 10.4. The van der Waals surface area contributed by atoms with Crippen LogP contribution in [0.5, 0.6) is 11.5 Å². The predicted octanol–water partition coefficient (Wildman–Crippen LogP) is 0.358. The summed E-state index contributed by atoms with van der Waals surface area (Å²) in [7, 11) is 0.505. The Labute approximate surface area is 161 Å². The molecule has 0 aliphatic carbocycles. The molecule has 2 N–H and O–H groups in total. The van der Waals surface area contributed by atoms with Crippen molar-refractivity contribution in [2.24, 2.45) is 4.99 Å². The van der Waals surface area contributed by atoms with Gasteiger partial charge in [-0.15, -0.1) is 0 Å². The van der Waals surface area contributed by atoms with Gasteiger partial charge in [0, 0.05) is 33.2 Å². The van der Waals surface area contributed by atoms with Crippen LogP contribution in [0.4, 0.5) is 0 Å². The Morgan fingerprint density at radius 3 is 2.52 bits per heavy atom. The first-order chi connectivity index (χ1) is 12.9. The molecule has 1 fully saturated rings. The van der Waals surface area contributed by atoms with Gasteiger partial charge < -0.3 is 20.1 Å². The Bertz CT molecular complexity index is 710. The van der Waals surface area contributed by atoms with Crippen LogP contribution >= 0.6 is 0 Å². The van der Waals surface area contributed by atoms with Crippen molar-refractivity contribution in [3.8, 4) is 11.5 Å². The maximum absolute atomic E-state index is 11.5. The summed E-state index contributed by atoms with van der Waals surface area (Å²) in [4.78, 5) is 6.35. The summed E-state index contributed by atoms with van der Waals surface area (Å²) in [6.45, 7) is 5.23. The minimum Gasteiger partial charge on any atom is -0.493 e. The first-order valence-corrected chi connectivity index (χ1v) is 10.9. The lowest BCUT2D eigenvalue weighted by molar-refractivity contribution is 0.213. The molecule has 1 aliphatic rings. The largest absolute Gasteiger partial charge is 0.493 e. The molecular weight excluding hydrogens is 368 g/mol. The fourth-order valence-electron chi connectivity index (χ4n) is 2.74. The van der Waals surface area contributed by atoms with E-state index in [9.17, 15) is 8.42 Å². The highest BCUT2D eigenvalue weighted by atomic mass is 32.2. The highest BCUT2D eigenvalue weighted by Gasteiger charge is 2.21. The molecule has 0 saturated carbocycles. The first-order valence-electron chi connectivity index (χ1n) is 9.10. The normalized spacial score (nSPS) is 18.6. The van der Waals surface area contributed by atoms with Gasteiger partial charge in [-0.3, -0.25) is 9.89 Å². The van der Waals surface area contributed by atoms with Gasteiger partial charge in [0.2, 0.25) is 0 Å². The second-order valence-electron chi connectivity index (χ2n) is 6.45. The zero-order valence-electron chi connectivity index (χ0n) is 16.3. The summed E-state index contributed by atoms with van der Waals surface area (Å²) in [6.07, 6.45) is -0.0767.